The third kappa shape index (κ3) is 3.42. The Morgan fingerprint density at radius 2 is 2.08 bits per heavy atom. The van der Waals surface area contributed by atoms with E-state index in [1.165, 1.54) is 12.1 Å². The van der Waals surface area contributed by atoms with Crippen molar-refractivity contribution >= 4 is 5.91 Å². The standard InChI is InChI=1S/C20H21FN2O3/c21-17-6-4-15(5-7-17)11-19(24)23-13-20(14-23)16(8-10-26-20)12-25-18-3-1-2-9-22-18/h1-7,9,16H,8,10-14H2/t16-/m0/s1. The van der Waals surface area contributed by atoms with Crippen molar-refractivity contribution in [3.63, 3.8) is 0 Å². The van der Waals surface area contributed by atoms with Crippen LogP contribution in [0.15, 0.2) is 48.7 Å². The van der Waals surface area contributed by atoms with Crippen LogP contribution in [0.4, 0.5) is 4.39 Å². The molecule has 2 saturated heterocycles. The predicted molar refractivity (Wildman–Crippen MR) is 93.2 cm³/mol. The minimum Gasteiger partial charge on any atom is -0.477 e. The van der Waals surface area contributed by atoms with Crippen molar-refractivity contribution in [2.45, 2.75) is 18.4 Å². The Bertz CT molecular complexity index is 760. The van der Waals surface area contributed by atoms with Gasteiger partial charge in [0.05, 0.1) is 26.1 Å². The molecule has 2 aliphatic heterocycles. The average Bonchev–Trinajstić information content (AvgIpc) is 3.05. The summed E-state index contributed by atoms with van der Waals surface area (Å²) >= 11 is 0. The van der Waals surface area contributed by atoms with Crippen LogP contribution in [0, 0.1) is 11.7 Å². The Hall–Kier alpha value is -2.47. The molecule has 0 unspecified atom stereocenters. The Kier molecular flexibility index (Phi) is 4.59. The van der Waals surface area contributed by atoms with Crippen LogP contribution in [0.25, 0.3) is 0 Å². The number of hydrogen-bond acceptors (Lipinski definition) is 4. The van der Waals surface area contributed by atoms with Crippen LogP contribution >= 0.6 is 0 Å². The van der Waals surface area contributed by atoms with E-state index in [1.54, 1.807) is 18.3 Å². The number of hydrogen-bond donors (Lipinski definition) is 0. The van der Waals surface area contributed by atoms with Crippen molar-refractivity contribution in [2.75, 3.05) is 26.3 Å². The van der Waals surface area contributed by atoms with Crippen LogP contribution in [-0.2, 0) is 16.0 Å². The lowest BCUT2D eigenvalue weighted by atomic mass is 9.81. The normalized spacial score (nSPS) is 20.8. The minimum atomic E-state index is -0.298. The number of carbonyl (C=O) groups is 1. The van der Waals surface area contributed by atoms with E-state index in [4.69, 9.17) is 9.47 Å². The van der Waals surface area contributed by atoms with Gasteiger partial charge in [-0.1, -0.05) is 18.2 Å². The molecule has 6 heteroatoms. The maximum atomic E-state index is 13.0. The second-order valence-electron chi connectivity index (χ2n) is 6.93. The summed E-state index contributed by atoms with van der Waals surface area (Å²) in [5.41, 5.74) is 0.521. The van der Waals surface area contributed by atoms with Gasteiger partial charge in [0, 0.05) is 24.8 Å². The summed E-state index contributed by atoms with van der Waals surface area (Å²) in [7, 11) is 0. The van der Waals surface area contributed by atoms with Crippen molar-refractivity contribution in [3.8, 4) is 5.88 Å². The molecule has 3 heterocycles. The first-order valence-corrected chi connectivity index (χ1v) is 8.85. The zero-order chi connectivity index (χ0) is 18.0. The zero-order valence-corrected chi connectivity index (χ0v) is 14.4. The largest absolute Gasteiger partial charge is 0.477 e. The highest BCUT2D eigenvalue weighted by atomic mass is 19.1. The molecule has 4 rings (SSSR count). The van der Waals surface area contributed by atoms with E-state index in [9.17, 15) is 9.18 Å². The summed E-state index contributed by atoms with van der Waals surface area (Å²) in [4.78, 5) is 18.4. The fourth-order valence-electron chi connectivity index (χ4n) is 3.65. The van der Waals surface area contributed by atoms with Gasteiger partial charge in [0.15, 0.2) is 0 Å². The molecule has 0 saturated carbocycles. The average molecular weight is 356 g/mol. The SMILES string of the molecule is O=C(Cc1ccc(F)cc1)N1CC2(C1)OCC[C@H]2COc1ccccn1. The first kappa shape index (κ1) is 17.0. The van der Waals surface area contributed by atoms with Gasteiger partial charge in [-0.25, -0.2) is 9.37 Å². The fraction of sp³-hybridized carbons (Fsp3) is 0.400. The number of amides is 1. The maximum absolute atomic E-state index is 13.0. The van der Waals surface area contributed by atoms with Crippen LogP contribution in [0.2, 0.25) is 0 Å². The highest BCUT2D eigenvalue weighted by Gasteiger charge is 2.54. The Morgan fingerprint density at radius 1 is 1.27 bits per heavy atom. The van der Waals surface area contributed by atoms with Gasteiger partial charge >= 0.3 is 0 Å². The van der Waals surface area contributed by atoms with Gasteiger partial charge in [-0.05, 0) is 30.2 Å². The highest BCUT2D eigenvalue weighted by molar-refractivity contribution is 5.80. The number of halogens is 1. The summed E-state index contributed by atoms with van der Waals surface area (Å²) in [5, 5.41) is 0. The van der Waals surface area contributed by atoms with Crippen molar-refractivity contribution in [1.29, 1.82) is 0 Å². The number of ether oxygens (including phenoxy) is 2. The number of rotatable bonds is 5. The van der Waals surface area contributed by atoms with E-state index >= 15 is 0 Å². The molecule has 1 amide bonds. The van der Waals surface area contributed by atoms with E-state index in [1.807, 2.05) is 23.1 Å². The lowest BCUT2D eigenvalue weighted by Crippen LogP contribution is -2.67. The van der Waals surface area contributed by atoms with Gasteiger partial charge in [-0.3, -0.25) is 4.79 Å². The first-order valence-electron chi connectivity index (χ1n) is 8.85. The second kappa shape index (κ2) is 7.03. The van der Waals surface area contributed by atoms with Crippen molar-refractivity contribution in [3.05, 3.63) is 60.0 Å². The number of carbonyl (C=O) groups excluding carboxylic acids is 1. The van der Waals surface area contributed by atoms with Crippen LogP contribution in [0.3, 0.4) is 0 Å². The summed E-state index contributed by atoms with van der Waals surface area (Å²) in [6, 6.07) is 11.6. The van der Waals surface area contributed by atoms with E-state index in [2.05, 4.69) is 4.98 Å². The smallest absolute Gasteiger partial charge is 0.227 e. The third-order valence-corrected chi connectivity index (χ3v) is 5.21. The van der Waals surface area contributed by atoms with E-state index in [0.29, 0.717) is 32.2 Å². The summed E-state index contributed by atoms with van der Waals surface area (Å²) in [6.07, 6.45) is 2.91. The number of pyridine rings is 1. The van der Waals surface area contributed by atoms with Crippen LogP contribution < -0.4 is 4.74 Å². The molecule has 26 heavy (non-hydrogen) atoms. The molecular weight excluding hydrogens is 335 g/mol. The molecular formula is C20H21FN2O3. The van der Waals surface area contributed by atoms with Crippen LogP contribution in [-0.4, -0.2) is 47.7 Å². The van der Waals surface area contributed by atoms with Crippen LogP contribution in [0.1, 0.15) is 12.0 Å². The minimum absolute atomic E-state index is 0.0436. The summed E-state index contributed by atoms with van der Waals surface area (Å²) in [6.45, 7) is 2.40. The summed E-state index contributed by atoms with van der Waals surface area (Å²) < 4.78 is 24.7. The monoisotopic (exact) mass is 356 g/mol. The fourth-order valence-corrected chi connectivity index (χ4v) is 3.65. The topological polar surface area (TPSA) is 51.7 Å². The Labute approximate surface area is 151 Å². The van der Waals surface area contributed by atoms with Crippen molar-refractivity contribution in [2.24, 2.45) is 5.92 Å². The highest BCUT2D eigenvalue weighted by Crippen LogP contribution is 2.40. The van der Waals surface area contributed by atoms with Crippen LogP contribution in [0.5, 0.6) is 5.88 Å². The lowest BCUT2D eigenvalue weighted by Gasteiger charge is -2.50. The Balaban J connectivity index is 1.31. The Morgan fingerprint density at radius 3 is 2.81 bits per heavy atom. The first-order chi connectivity index (χ1) is 12.6. The number of likely N-dealkylation sites (tertiary alicyclic amines) is 1. The molecule has 0 N–H and O–H groups in total. The van der Waals surface area contributed by atoms with Crippen molar-refractivity contribution < 1.29 is 18.7 Å². The quantitative estimate of drug-likeness (QED) is 0.826. The molecule has 0 radical (unpaired) electrons. The van der Waals surface area contributed by atoms with Gasteiger partial charge in [-0.15, -0.1) is 0 Å². The van der Waals surface area contributed by atoms with Gasteiger partial charge in [0.25, 0.3) is 0 Å². The van der Waals surface area contributed by atoms with Gasteiger partial charge in [-0.2, -0.15) is 0 Å². The molecule has 136 valence electrons. The van der Waals surface area contributed by atoms with E-state index in [-0.39, 0.29) is 29.7 Å². The predicted octanol–water partition coefficient (Wildman–Crippen LogP) is 2.46. The molecule has 1 aromatic heterocycles. The van der Waals surface area contributed by atoms with Crippen molar-refractivity contribution in [1.82, 2.24) is 9.88 Å². The molecule has 0 bridgehead atoms. The van der Waals surface area contributed by atoms with Gasteiger partial charge in [0.1, 0.15) is 11.4 Å². The van der Waals surface area contributed by atoms with E-state index in [0.717, 1.165) is 12.0 Å². The number of nitrogens with zero attached hydrogens (tertiary/aromatic N) is 2. The molecule has 2 aromatic rings. The van der Waals surface area contributed by atoms with Gasteiger partial charge in [0.2, 0.25) is 11.8 Å². The van der Waals surface area contributed by atoms with E-state index < -0.39 is 0 Å². The number of aromatic nitrogens is 1. The molecule has 2 fully saturated rings. The molecule has 0 aliphatic carbocycles. The number of benzene rings is 1. The maximum Gasteiger partial charge on any atom is 0.227 e. The summed E-state index contributed by atoms with van der Waals surface area (Å²) in [5.74, 6) is 0.610. The third-order valence-electron chi connectivity index (χ3n) is 5.21. The second-order valence-corrected chi connectivity index (χ2v) is 6.93. The zero-order valence-electron chi connectivity index (χ0n) is 14.4. The molecule has 1 atom stereocenters. The lowest BCUT2D eigenvalue weighted by molar-refractivity contribution is -0.166. The molecule has 1 spiro atoms. The van der Waals surface area contributed by atoms with Gasteiger partial charge < -0.3 is 14.4 Å². The molecule has 1 aromatic carbocycles. The molecule has 5 nitrogen and oxygen atoms in total. The molecule has 2 aliphatic rings.